The van der Waals surface area contributed by atoms with Crippen LogP contribution in [0.4, 0.5) is 0 Å². The van der Waals surface area contributed by atoms with Crippen molar-refractivity contribution in [1.82, 2.24) is 0 Å². The number of hydrogen-bond acceptors (Lipinski definition) is 3. The molecular weight excluding hydrogens is 226 g/mol. The van der Waals surface area contributed by atoms with Crippen molar-refractivity contribution >= 4 is 11.9 Å². The first-order valence-corrected chi connectivity index (χ1v) is 6.01. The molecule has 3 nitrogen and oxygen atoms in total. The molecule has 0 bridgehead atoms. The van der Waals surface area contributed by atoms with Gasteiger partial charge in [-0.25, -0.2) is 0 Å². The van der Waals surface area contributed by atoms with Crippen molar-refractivity contribution in [2.24, 2.45) is 0 Å². The summed E-state index contributed by atoms with van der Waals surface area (Å²) in [5, 5.41) is 8.56. The van der Waals surface area contributed by atoms with E-state index in [1.807, 2.05) is 44.2 Å². The molecule has 0 aromatic heterocycles. The van der Waals surface area contributed by atoms with Crippen molar-refractivity contribution < 1.29 is 9.53 Å². The van der Waals surface area contributed by atoms with Crippen molar-refractivity contribution in [2.45, 2.75) is 32.8 Å². The third-order valence-corrected chi connectivity index (χ3v) is 2.82. The Balaban J connectivity index is 2.30. The average molecular weight is 241 g/mol. The SMILES string of the molecule is CC(C)Oc1cccc2c1C=C(C(=O)CC#N)C2. The Kier molecular flexibility index (Phi) is 3.47. The van der Waals surface area contributed by atoms with Crippen molar-refractivity contribution in [2.75, 3.05) is 0 Å². The first-order valence-electron chi connectivity index (χ1n) is 6.01. The fraction of sp³-hybridized carbons (Fsp3) is 0.333. The van der Waals surface area contributed by atoms with Gasteiger partial charge in [0.25, 0.3) is 0 Å². The molecule has 3 heteroatoms. The molecule has 1 aliphatic carbocycles. The van der Waals surface area contributed by atoms with Gasteiger partial charge in [-0.05, 0) is 31.6 Å². The van der Waals surface area contributed by atoms with E-state index < -0.39 is 0 Å². The summed E-state index contributed by atoms with van der Waals surface area (Å²) in [5.41, 5.74) is 2.77. The minimum atomic E-state index is -0.0933. The van der Waals surface area contributed by atoms with Crippen LogP contribution in [0, 0.1) is 11.3 Å². The lowest BCUT2D eigenvalue weighted by Crippen LogP contribution is -2.06. The number of carbonyl (C=O) groups is 1. The summed E-state index contributed by atoms with van der Waals surface area (Å²) in [6.07, 6.45) is 2.50. The van der Waals surface area contributed by atoms with Gasteiger partial charge < -0.3 is 4.74 Å². The quantitative estimate of drug-likeness (QED) is 0.814. The fourth-order valence-electron chi connectivity index (χ4n) is 2.06. The molecule has 0 fully saturated rings. The lowest BCUT2D eigenvalue weighted by molar-refractivity contribution is -0.114. The summed E-state index contributed by atoms with van der Waals surface area (Å²) >= 11 is 0. The van der Waals surface area contributed by atoms with Crippen LogP contribution in [0.5, 0.6) is 5.75 Å². The molecule has 1 aromatic carbocycles. The lowest BCUT2D eigenvalue weighted by atomic mass is 10.1. The third-order valence-electron chi connectivity index (χ3n) is 2.82. The van der Waals surface area contributed by atoms with Gasteiger partial charge >= 0.3 is 0 Å². The minimum Gasteiger partial charge on any atom is -0.490 e. The summed E-state index contributed by atoms with van der Waals surface area (Å²) in [6, 6.07) is 7.73. The number of hydrogen-bond donors (Lipinski definition) is 0. The zero-order valence-electron chi connectivity index (χ0n) is 10.6. The van der Waals surface area contributed by atoms with Crippen LogP contribution in [0.25, 0.3) is 6.08 Å². The first kappa shape index (κ1) is 12.4. The average Bonchev–Trinajstić information content (AvgIpc) is 2.73. The normalized spacial score (nSPS) is 12.9. The molecule has 0 amide bonds. The Labute approximate surface area is 107 Å². The number of fused-ring (bicyclic) bond motifs is 1. The second kappa shape index (κ2) is 5.05. The maximum atomic E-state index is 11.7. The van der Waals surface area contributed by atoms with E-state index in [0.29, 0.717) is 12.0 Å². The van der Waals surface area contributed by atoms with Crippen LogP contribution in [0.1, 0.15) is 31.4 Å². The number of ketones is 1. The van der Waals surface area contributed by atoms with Crippen LogP contribution < -0.4 is 4.74 Å². The van der Waals surface area contributed by atoms with E-state index in [1.54, 1.807) is 0 Å². The zero-order valence-corrected chi connectivity index (χ0v) is 10.6. The second-order valence-corrected chi connectivity index (χ2v) is 4.60. The van der Waals surface area contributed by atoms with Crippen molar-refractivity contribution in [3.05, 3.63) is 34.9 Å². The highest BCUT2D eigenvalue weighted by molar-refractivity contribution is 6.03. The minimum absolute atomic E-state index is 0.0554. The van der Waals surface area contributed by atoms with Crippen LogP contribution in [0.15, 0.2) is 23.8 Å². The Morgan fingerprint density at radius 3 is 2.94 bits per heavy atom. The van der Waals surface area contributed by atoms with E-state index in [1.165, 1.54) is 0 Å². The van der Waals surface area contributed by atoms with Crippen LogP contribution in [0.3, 0.4) is 0 Å². The van der Waals surface area contributed by atoms with Gasteiger partial charge in [0.05, 0.1) is 18.6 Å². The molecule has 2 rings (SSSR count). The molecule has 0 spiro atoms. The summed E-state index contributed by atoms with van der Waals surface area (Å²) < 4.78 is 5.72. The predicted molar refractivity (Wildman–Crippen MR) is 69.1 cm³/mol. The van der Waals surface area contributed by atoms with E-state index in [0.717, 1.165) is 16.9 Å². The predicted octanol–water partition coefficient (Wildman–Crippen LogP) is 2.90. The van der Waals surface area contributed by atoms with E-state index in [9.17, 15) is 4.79 Å². The van der Waals surface area contributed by atoms with Gasteiger partial charge in [-0.3, -0.25) is 4.79 Å². The molecule has 92 valence electrons. The van der Waals surface area contributed by atoms with Crippen LogP contribution in [0.2, 0.25) is 0 Å². The van der Waals surface area contributed by atoms with Crippen molar-refractivity contribution in [1.29, 1.82) is 5.26 Å². The molecule has 0 aliphatic heterocycles. The van der Waals surface area contributed by atoms with Crippen LogP contribution >= 0.6 is 0 Å². The Hall–Kier alpha value is -2.08. The van der Waals surface area contributed by atoms with E-state index in [4.69, 9.17) is 10.00 Å². The highest BCUT2D eigenvalue weighted by atomic mass is 16.5. The van der Waals surface area contributed by atoms with Gasteiger partial charge in [0.1, 0.15) is 5.75 Å². The number of allylic oxidation sites excluding steroid dienone is 1. The van der Waals surface area contributed by atoms with Crippen LogP contribution in [-0.4, -0.2) is 11.9 Å². The van der Waals surface area contributed by atoms with Gasteiger partial charge in [0, 0.05) is 17.6 Å². The standard InChI is InChI=1S/C15H15NO2/c1-10(2)18-15-5-3-4-11-8-12(9-13(11)15)14(17)6-7-16/h3-5,9-10H,6,8H2,1-2H3. The van der Waals surface area contributed by atoms with Crippen molar-refractivity contribution in [3.63, 3.8) is 0 Å². The molecule has 0 radical (unpaired) electrons. The maximum absolute atomic E-state index is 11.7. The topological polar surface area (TPSA) is 50.1 Å². The summed E-state index contributed by atoms with van der Waals surface area (Å²) in [7, 11) is 0. The van der Waals surface area contributed by atoms with E-state index >= 15 is 0 Å². The largest absolute Gasteiger partial charge is 0.490 e. The number of nitriles is 1. The highest BCUT2D eigenvalue weighted by Crippen LogP contribution is 2.33. The molecule has 1 aliphatic rings. The summed E-state index contributed by atoms with van der Waals surface area (Å²) in [6.45, 7) is 3.94. The summed E-state index contributed by atoms with van der Waals surface area (Å²) in [4.78, 5) is 11.7. The molecule has 0 saturated heterocycles. The number of rotatable bonds is 4. The van der Waals surface area contributed by atoms with Gasteiger partial charge in [0.2, 0.25) is 0 Å². The molecule has 1 aromatic rings. The maximum Gasteiger partial charge on any atom is 0.173 e. The van der Waals surface area contributed by atoms with Gasteiger partial charge in [-0.15, -0.1) is 0 Å². The lowest BCUT2D eigenvalue weighted by Gasteiger charge is -2.12. The fourth-order valence-corrected chi connectivity index (χ4v) is 2.06. The Morgan fingerprint density at radius 2 is 2.28 bits per heavy atom. The highest BCUT2D eigenvalue weighted by Gasteiger charge is 2.21. The zero-order chi connectivity index (χ0) is 13.1. The second-order valence-electron chi connectivity index (χ2n) is 4.60. The van der Waals surface area contributed by atoms with E-state index in [2.05, 4.69) is 0 Å². The molecule has 18 heavy (non-hydrogen) atoms. The van der Waals surface area contributed by atoms with Crippen molar-refractivity contribution in [3.8, 4) is 11.8 Å². The number of nitrogens with zero attached hydrogens (tertiary/aromatic N) is 1. The molecule has 0 heterocycles. The van der Waals surface area contributed by atoms with Gasteiger partial charge in [-0.1, -0.05) is 12.1 Å². The Bertz CT molecular complexity index is 550. The van der Waals surface area contributed by atoms with Gasteiger partial charge in [0.15, 0.2) is 5.78 Å². The summed E-state index contributed by atoms with van der Waals surface area (Å²) in [5.74, 6) is 0.714. The molecule has 0 saturated carbocycles. The number of carbonyl (C=O) groups excluding carboxylic acids is 1. The number of benzene rings is 1. The molecule has 0 unspecified atom stereocenters. The van der Waals surface area contributed by atoms with E-state index in [-0.39, 0.29) is 18.3 Å². The number of Topliss-reactive ketones (excluding diaryl/α,β-unsaturated/α-hetero) is 1. The van der Waals surface area contributed by atoms with Crippen LogP contribution in [-0.2, 0) is 11.2 Å². The van der Waals surface area contributed by atoms with Gasteiger partial charge in [-0.2, -0.15) is 5.26 Å². The molecule has 0 atom stereocenters. The monoisotopic (exact) mass is 241 g/mol. The Morgan fingerprint density at radius 1 is 1.50 bits per heavy atom. The first-order chi connectivity index (χ1) is 8.61. The number of ether oxygens (including phenoxy) is 1. The smallest absolute Gasteiger partial charge is 0.173 e. The third kappa shape index (κ3) is 2.43. The molecular formula is C15H15NO2. The molecule has 0 N–H and O–H groups in total.